The average molecular weight is 360 g/mol. The second-order valence-corrected chi connectivity index (χ2v) is 6.50. The van der Waals surface area contributed by atoms with Gasteiger partial charge in [0.1, 0.15) is 6.04 Å². The van der Waals surface area contributed by atoms with Gasteiger partial charge in [0.15, 0.2) is 0 Å². The Bertz CT molecular complexity index is 938. The van der Waals surface area contributed by atoms with Crippen molar-refractivity contribution in [2.75, 3.05) is 13.1 Å². The number of hydrogen-bond acceptors (Lipinski definition) is 3. The molecule has 2 aromatic carbocycles. The second-order valence-electron chi connectivity index (χ2n) is 6.50. The van der Waals surface area contributed by atoms with Crippen LogP contribution in [0.3, 0.4) is 0 Å². The van der Waals surface area contributed by atoms with Gasteiger partial charge in [-0.15, -0.1) is 0 Å². The summed E-state index contributed by atoms with van der Waals surface area (Å²) in [4.78, 5) is 27.3. The normalized spacial score (nSPS) is 16.8. The third-order valence-corrected chi connectivity index (χ3v) is 4.73. The van der Waals surface area contributed by atoms with Crippen LogP contribution < -0.4 is 5.32 Å². The molecule has 0 aliphatic carbocycles. The molecule has 1 saturated heterocycles. The van der Waals surface area contributed by atoms with Crippen LogP contribution in [0.2, 0.25) is 0 Å². The van der Waals surface area contributed by atoms with Gasteiger partial charge in [0.25, 0.3) is 5.91 Å². The second kappa shape index (κ2) is 7.45. The fourth-order valence-electron chi connectivity index (χ4n) is 3.37. The molecule has 2 heterocycles. The van der Waals surface area contributed by atoms with Gasteiger partial charge in [0, 0.05) is 37.5 Å². The predicted molar refractivity (Wildman–Crippen MR) is 102 cm³/mol. The van der Waals surface area contributed by atoms with Gasteiger partial charge in [-0.2, -0.15) is 5.10 Å². The lowest BCUT2D eigenvalue weighted by Crippen LogP contribution is -2.58. The Labute approximate surface area is 157 Å². The summed E-state index contributed by atoms with van der Waals surface area (Å²) >= 11 is 0. The lowest BCUT2D eigenvalue weighted by Gasteiger charge is -2.35. The molecule has 4 rings (SSSR count). The molecular weight excluding hydrogens is 340 g/mol. The van der Waals surface area contributed by atoms with E-state index in [0.717, 1.165) is 11.3 Å². The first-order valence-electron chi connectivity index (χ1n) is 8.95. The minimum Gasteiger partial charge on any atom is -0.353 e. The highest BCUT2D eigenvalue weighted by Crippen LogP contribution is 2.17. The largest absolute Gasteiger partial charge is 0.353 e. The van der Waals surface area contributed by atoms with Gasteiger partial charge in [-0.25, -0.2) is 4.68 Å². The van der Waals surface area contributed by atoms with E-state index < -0.39 is 6.04 Å². The van der Waals surface area contributed by atoms with Gasteiger partial charge in [-0.1, -0.05) is 36.4 Å². The number of carbonyl (C=O) groups excluding carboxylic acids is 2. The molecule has 6 heteroatoms. The summed E-state index contributed by atoms with van der Waals surface area (Å²) in [6.45, 7) is 0.961. The van der Waals surface area contributed by atoms with Gasteiger partial charge in [0.2, 0.25) is 5.91 Å². The summed E-state index contributed by atoms with van der Waals surface area (Å²) in [6, 6.07) is 18.4. The van der Waals surface area contributed by atoms with E-state index in [4.69, 9.17) is 0 Å². The summed E-state index contributed by atoms with van der Waals surface area (Å²) in [5.74, 6) is -0.249. The van der Waals surface area contributed by atoms with Crippen LogP contribution in [0.4, 0.5) is 0 Å². The third kappa shape index (κ3) is 3.60. The van der Waals surface area contributed by atoms with E-state index in [2.05, 4.69) is 10.4 Å². The van der Waals surface area contributed by atoms with Gasteiger partial charge < -0.3 is 10.2 Å². The quantitative estimate of drug-likeness (QED) is 0.774. The summed E-state index contributed by atoms with van der Waals surface area (Å²) < 4.78 is 1.71. The first-order valence-corrected chi connectivity index (χ1v) is 8.95. The van der Waals surface area contributed by atoms with E-state index in [1.165, 1.54) is 0 Å². The Morgan fingerprint density at radius 2 is 1.96 bits per heavy atom. The Morgan fingerprint density at radius 1 is 1.11 bits per heavy atom. The van der Waals surface area contributed by atoms with Gasteiger partial charge in [0.05, 0.1) is 5.69 Å². The zero-order valence-electron chi connectivity index (χ0n) is 14.8. The van der Waals surface area contributed by atoms with Crippen LogP contribution in [0.15, 0.2) is 73.1 Å². The number of benzene rings is 2. The molecule has 0 radical (unpaired) electrons. The van der Waals surface area contributed by atoms with Gasteiger partial charge >= 0.3 is 0 Å². The highest BCUT2D eigenvalue weighted by Gasteiger charge is 2.33. The molecule has 0 spiro atoms. The summed E-state index contributed by atoms with van der Waals surface area (Å²) in [7, 11) is 0. The molecule has 1 aliphatic heterocycles. The Morgan fingerprint density at radius 3 is 2.74 bits per heavy atom. The Kier molecular flexibility index (Phi) is 4.70. The molecule has 1 aliphatic rings. The number of hydrogen-bond donors (Lipinski definition) is 1. The number of aromatic nitrogens is 2. The molecule has 27 heavy (non-hydrogen) atoms. The summed E-state index contributed by atoms with van der Waals surface area (Å²) in [6.07, 6.45) is 4.02. The van der Waals surface area contributed by atoms with Crippen molar-refractivity contribution in [1.29, 1.82) is 0 Å². The first kappa shape index (κ1) is 17.0. The number of amides is 2. The maximum absolute atomic E-state index is 13.2. The van der Waals surface area contributed by atoms with Crippen molar-refractivity contribution in [2.45, 2.75) is 12.5 Å². The maximum Gasteiger partial charge on any atom is 0.254 e. The number of nitrogens with zero attached hydrogens (tertiary/aromatic N) is 3. The average Bonchev–Trinajstić information content (AvgIpc) is 3.25. The van der Waals surface area contributed by atoms with Crippen LogP contribution in [-0.2, 0) is 11.2 Å². The molecule has 0 unspecified atom stereocenters. The minimum absolute atomic E-state index is 0.110. The number of piperazine rings is 1. The molecular formula is C21H20N4O2. The topological polar surface area (TPSA) is 67.2 Å². The minimum atomic E-state index is -0.512. The van der Waals surface area contributed by atoms with Crippen molar-refractivity contribution in [2.24, 2.45) is 0 Å². The van der Waals surface area contributed by atoms with E-state index in [0.29, 0.717) is 25.1 Å². The Hall–Kier alpha value is -3.41. The van der Waals surface area contributed by atoms with E-state index >= 15 is 0 Å². The van der Waals surface area contributed by atoms with Gasteiger partial charge in [-0.3, -0.25) is 9.59 Å². The molecule has 1 fully saturated rings. The number of rotatable bonds is 4. The van der Waals surface area contributed by atoms with Crippen LogP contribution in [-0.4, -0.2) is 45.6 Å². The van der Waals surface area contributed by atoms with E-state index in [1.807, 2.05) is 54.7 Å². The number of carbonyl (C=O) groups is 2. The SMILES string of the molecule is O=C1NCCN(C(=O)c2cccc(-n3cccn3)c2)[C@H]1Cc1ccccc1. The molecule has 0 bridgehead atoms. The van der Waals surface area contributed by atoms with Crippen LogP contribution >= 0.6 is 0 Å². The van der Waals surface area contributed by atoms with Crippen LogP contribution in [0, 0.1) is 0 Å². The lowest BCUT2D eigenvalue weighted by atomic mass is 10.0. The van der Waals surface area contributed by atoms with Crippen LogP contribution in [0.1, 0.15) is 15.9 Å². The molecule has 2 amide bonds. The van der Waals surface area contributed by atoms with E-state index in [1.54, 1.807) is 27.9 Å². The molecule has 3 aromatic rings. The van der Waals surface area contributed by atoms with Crippen molar-refractivity contribution in [3.63, 3.8) is 0 Å². The molecule has 136 valence electrons. The molecule has 1 aromatic heterocycles. The highest BCUT2D eigenvalue weighted by atomic mass is 16.2. The maximum atomic E-state index is 13.2. The molecule has 6 nitrogen and oxygen atoms in total. The monoisotopic (exact) mass is 360 g/mol. The van der Waals surface area contributed by atoms with Crippen molar-refractivity contribution in [3.8, 4) is 5.69 Å². The van der Waals surface area contributed by atoms with Crippen LogP contribution in [0.25, 0.3) is 5.69 Å². The molecule has 1 atom stereocenters. The van der Waals surface area contributed by atoms with Gasteiger partial charge in [-0.05, 0) is 29.8 Å². The highest BCUT2D eigenvalue weighted by molar-refractivity contribution is 5.98. The van der Waals surface area contributed by atoms with Crippen molar-refractivity contribution in [3.05, 3.63) is 84.2 Å². The first-order chi connectivity index (χ1) is 13.2. The number of nitrogens with one attached hydrogen (secondary N) is 1. The zero-order valence-corrected chi connectivity index (χ0v) is 14.8. The lowest BCUT2D eigenvalue weighted by molar-refractivity contribution is -0.127. The molecule has 1 N–H and O–H groups in total. The summed E-state index contributed by atoms with van der Waals surface area (Å²) in [5, 5.41) is 7.09. The smallest absolute Gasteiger partial charge is 0.254 e. The van der Waals surface area contributed by atoms with E-state index in [-0.39, 0.29) is 11.8 Å². The third-order valence-electron chi connectivity index (χ3n) is 4.73. The molecule has 0 saturated carbocycles. The zero-order chi connectivity index (χ0) is 18.6. The summed E-state index contributed by atoms with van der Waals surface area (Å²) in [5.41, 5.74) is 2.39. The van der Waals surface area contributed by atoms with Crippen LogP contribution in [0.5, 0.6) is 0 Å². The van der Waals surface area contributed by atoms with Crippen molar-refractivity contribution in [1.82, 2.24) is 20.0 Å². The van der Waals surface area contributed by atoms with E-state index in [9.17, 15) is 9.59 Å². The fraction of sp³-hybridized carbons (Fsp3) is 0.190. The predicted octanol–water partition coefficient (Wildman–Crippen LogP) is 2.06. The fourth-order valence-corrected chi connectivity index (χ4v) is 3.37. The van der Waals surface area contributed by atoms with Crippen molar-refractivity contribution >= 4 is 11.8 Å². The Balaban J connectivity index is 1.61. The standard InChI is InChI=1S/C21H20N4O2/c26-20-19(14-16-6-2-1-3-7-16)24(13-11-22-20)21(27)17-8-4-9-18(15-17)25-12-5-10-23-25/h1-10,12,15,19H,11,13-14H2,(H,22,26)/t19-/m0/s1. The van der Waals surface area contributed by atoms with Crippen molar-refractivity contribution < 1.29 is 9.59 Å².